The van der Waals surface area contributed by atoms with Gasteiger partial charge in [0.1, 0.15) is 0 Å². The second-order valence-electron chi connectivity index (χ2n) is 4.63. The van der Waals surface area contributed by atoms with Crippen molar-refractivity contribution in [2.24, 2.45) is 5.41 Å². The molecule has 0 saturated heterocycles. The van der Waals surface area contributed by atoms with Crippen LogP contribution in [0.4, 0.5) is 5.13 Å². The van der Waals surface area contributed by atoms with Crippen LogP contribution in [0.5, 0.6) is 0 Å². The van der Waals surface area contributed by atoms with Gasteiger partial charge in [0.15, 0.2) is 10.8 Å². The van der Waals surface area contributed by atoms with Gasteiger partial charge in [-0.3, -0.25) is 0 Å². The van der Waals surface area contributed by atoms with Crippen LogP contribution in [0, 0.1) is 5.41 Å². The van der Waals surface area contributed by atoms with E-state index in [4.69, 9.17) is 0 Å². The van der Waals surface area contributed by atoms with Gasteiger partial charge in [-0.1, -0.05) is 13.3 Å². The van der Waals surface area contributed by atoms with Gasteiger partial charge in [-0.2, -0.15) is 0 Å². The normalized spacial score (nSPS) is 16.6. The van der Waals surface area contributed by atoms with Crippen LogP contribution in [0.2, 0.25) is 0 Å². The molecule has 1 N–H and O–H groups in total. The van der Waals surface area contributed by atoms with E-state index in [1.807, 2.05) is 0 Å². The van der Waals surface area contributed by atoms with Crippen molar-refractivity contribution in [3.8, 4) is 0 Å². The highest BCUT2D eigenvalue weighted by Crippen LogP contribution is 2.49. The molecule has 2 rings (SSSR count). The summed E-state index contributed by atoms with van der Waals surface area (Å²) < 4.78 is 4.62. The minimum atomic E-state index is -0.371. The fourth-order valence-electron chi connectivity index (χ4n) is 2.04. The van der Waals surface area contributed by atoms with Crippen molar-refractivity contribution in [2.45, 2.75) is 32.6 Å². The van der Waals surface area contributed by atoms with Crippen LogP contribution in [-0.2, 0) is 4.74 Å². The molecule has 0 aliphatic heterocycles. The Morgan fingerprint density at radius 2 is 2.41 bits per heavy atom. The standard InChI is InChI=1S/C12H18N2O2S/c1-3-4-12(5-6-12)8-13-11-14-9(7-17-11)10(15)16-2/h7H,3-6,8H2,1-2H3,(H,13,14). The zero-order valence-corrected chi connectivity index (χ0v) is 11.1. The van der Waals surface area contributed by atoms with E-state index in [9.17, 15) is 4.79 Å². The molecule has 0 aromatic carbocycles. The van der Waals surface area contributed by atoms with Crippen LogP contribution in [0.1, 0.15) is 43.1 Å². The molecular weight excluding hydrogens is 236 g/mol. The molecule has 1 aromatic rings. The number of ether oxygens (including phenoxy) is 1. The number of esters is 1. The monoisotopic (exact) mass is 254 g/mol. The van der Waals surface area contributed by atoms with E-state index in [1.54, 1.807) is 5.38 Å². The molecule has 5 heteroatoms. The number of nitrogens with one attached hydrogen (secondary N) is 1. The van der Waals surface area contributed by atoms with Gasteiger partial charge in [0.2, 0.25) is 0 Å². The topological polar surface area (TPSA) is 51.2 Å². The average Bonchev–Trinajstić information content (AvgIpc) is 2.93. The SMILES string of the molecule is CCCC1(CNc2nc(C(=O)OC)cs2)CC1. The van der Waals surface area contributed by atoms with E-state index in [1.165, 1.54) is 44.1 Å². The highest BCUT2D eigenvalue weighted by Gasteiger charge is 2.41. The quantitative estimate of drug-likeness (QED) is 0.793. The van der Waals surface area contributed by atoms with Crippen molar-refractivity contribution < 1.29 is 9.53 Å². The summed E-state index contributed by atoms with van der Waals surface area (Å²) >= 11 is 1.46. The fourth-order valence-corrected chi connectivity index (χ4v) is 2.72. The lowest BCUT2D eigenvalue weighted by Gasteiger charge is -2.13. The summed E-state index contributed by atoms with van der Waals surface area (Å²) in [5.41, 5.74) is 0.881. The van der Waals surface area contributed by atoms with E-state index < -0.39 is 0 Å². The van der Waals surface area contributed by atoms with Gasteiger partial charge >= 0.3 is 5.97 Å². The van der Waals surface area contributed by atoms with E-state index in [0.29, 0.717) is 11.1 Å². The first-order valence-electron chi connectivity index (χ1n) is 5.97. The summed E-state index contributed by atoms with van der Waals surface area (Å²) in [7, 11) is 1.37. The van der Waals surface area contributed by atoms with Crippen molar-refractivity contribution in [1.29, 1.82) is 0 Å². The molecule has 17 heavy (non-hydrogen) atoms. The summed E-state index contributed by atoms with van der Waals surface area (Å²) in [4.78, 5) is 15.4. The summed E-state index contributed by atoms with van der Waals surface area (Å²) in [6, 6.07) is 0. The zero-order valence-electron chi connectivity index (χ0n) is 10.3. The van der Waals surface area contributed by atoms with Crippen molar-refractivity contribution in [3.05, 3.63) is 11.1 Å². The molecule has 0 amide bonds. The third-order valence-electron chi connectivity index (χ3n) is 3.25. The number of carbonyl (C=O) groups excluding carboxylic acids is 1. The van der Waals surface area contributed by atoms with Crippen LogP contribution >= 0.6 is 11.3 Å². The number of nitrogens with zero attached hydrogens (tertiary/aromatic N) is 1. The third kappa shape index (κ3) is 2.97. The first-order chi connectivity index (χ1) is 8.19. The van der Waals surface area contributed by atoms with E-state index in [-0.39, 0.29) is 5.97 Å². The first kappa shape index (κ1) is 12.4. The molecule has 1 aliphatic carbocycles. The molecule has 1 aliphatic rings. The highest BCUT2D eigenvalue weighted by molar-refractivity contribution is 7.13. The highest BCUT2D eigenvalue weighted by atomic mass is 32.1. The lowest BCUT2D eigenvalue weighted by atomic mass is 10.0. The second kappa shape index (κ2) is 5.04. The molecule has 0 bridgehead atoms. The van der Waals surface area contributed by atoms with Gasteiger partial charge in [0, 0.05) is 11.9 Å². The Balaban J connectivity index is 1.87. The Labute approximate surface area is 105 Å². The Morgan fingerprint density at radius 1 is 1.65 bits per heavy atom. The molecular formula is C12H18N2O2S. The molecule has 1 fully saturated rings. The van der Waals surface area contributed by atoms with Gasteiger partial charge in [-0.25, -0.2) is 9.78 Å². The summed E-state index contributed by atoms with van der Waals surface area (Å²) in [5.74, 6) is -0.371. The Morgan fingerprint density at radius 3 is 3.00 bits per heavy atom. The van der Waals surface area contributed by atoms with Crippen LogP contribution in [0.25, 0.3) is 0 Å². The van der Waals surface area contributed by atoms with E-state index in [0.717, 1.165) is 11.7 Å². The third-order valence-corrected chi connectivity index (χ3v) is 4.05. The zero-order chi connectivity index (χ0) is 12.3. The average molecular weight is 254 g/mol. The number of carbonyl (C=O) groups is 1. The van der Waals surface area contributed by atoms with Gasteiger partial charge in [-0.15, -0.1) is 11.3 Å². The van der Waals surface area contributed by atoms with Crippen LogP contribution in [-0.4, -0.2) is 24.6 Å². The number of thiazole rings is 1. The summed E-state index contributed by atoms with van der Waals surface area (Å²) in [5, 5.41) is 5.87. The molecule has 1 aromatic heterocycles. The smallest absolute Gasteiger partial charge is 0.357 e. The molecule has 0 spiro atoms. The Bertz CT molecular complexity index is 399. The molecule has 0 atom stereocenters. The van der Waals surface area contributed by atoms with Crippen molar-refractivity contribution in [2.75, 3.05) is 19.0 Å². The predicted molar refractivity (Wildman–Crippen MR) is 68.5 cm³/mol. The Hall–Kier alpha value is -1.10. The second-order valence-corrected chi connectivity index (χ2v) is 5.49. The lowest BCUT2D eigenvalue weighted by Crippen LogP contribution is -2.15. The van der Waals surface area contributed by atoms with Crippen molar-refractivity contribution in [3.63, 3.8) is 0 Å². The largest absolute Gasteiger partial charge is 0.464 e. The van der Waals surface area contributed by atoms with Gasteiger partial charge < -0.3 is 10.1 Å². The van der Waals surface area contributed by atoms with Gasteiger partial charge in [0.05, 0.1) is 7.11 Å². The maximum atomic E-state index is 11.2. The molecule has 94 valence electrons. The fraction of sp³-hybridized carbons (Fsp3) is 0.667. The number of aromatic nitrogens is 1. The summed E-state index contributed by atoms with van der Waals surface area (Å²) in [6.07, 6.45) is 5.12. The minimum absolute atomic E-state index is 0.371. The number of hydrogen-bond donors (Lipinski definition) is 1. The maximum absolute atomic E-state index is 11.2. The van der Waals surface area contributed by atoms with Crippen LogP contribution in [0.3, 0.4) is 0 Å². The van der Waals surface area contributed by atoms with Gasteiger partial charge in [-0.05, 0) is 24.7 Å². The maximum Gasteiger partial charge on any atom is 0.357 e. The van der Waals surface area contributed by atoms with Gasteiger partial charge in [0.25, 0.3) is 0 Å². The molecule has 0 radical (unpaired) electrons. The predicted octanol–water partition coefficient (Wildman–Crippen LogP) is 2.92. The Kier molecular flexibility index (Phi) is 3.66. The molecule has 4 nitrogen and oxygen atoms in total. The lowest BCUT2D eigenvalue weighted by molar-refractivity contribution is 0.0595. The van der Waals surface area contributed by atoms with E-state index in [2.05, 4.69) is 22.0 Å². The number of anilines is 1. The summed E-state index contributed by atoms with van der Waals surface area (Å²) in [6.45, 7) is 3.19. The van der Waals surface area contributed by atoms with Crippen LogP contribution < -0.4 is 5.32 Å². The number of methoxy groups -OCH3 is 1. The molecule has 1 saturated carbocycles. The minimum Gasteiger partial charge on any atom is -0.464 e. The molecule has 0 unspecified atom stereocenters. The number of hydrogen-bond acceptors (Lipinski definition) is 5. The van der Waals surface area contributed by atoms with Crippen molar-refractivity contribution in [1.82, 2.24) is 4.98 Å². The van der Waals surface area contributed by atoms with Crippen molar-refractivity contribution >= 4 is 22.4 Å². The molecule has 1 heterocycles. The first-order valence-corrected chi connectivity index (χ1v) is 6.85. The number of rotatable bonds is 6. The van der Waals surface area contributed by atoms with Crippen LogP contribution in [0.15, 0.2) is 5.38 Å². The van der Waals surface area contributed by atoms with E-state index >= 15 is 0 Å².